The van der Waals surface area contributed by atoms with Gasteiger partial charge >= 0.3 is 0 Å². The lowest BCUT2D eigenvalue weighted by atomic mass is 10.1. The number of nitrogens with one attached hydrogen (secondary N) is 1. The van der Waals surface area contributed by atoms with E-state index < -0.39 is 6.10 Å². The van der Waals surface area contributed by atoms with Crippen LogP contribution in [0.3, 0.4) is 0 Å². The van der Waals surface area contributed by atoms with Crippen molar-refractivity contribution in [2.45, 2.75) is 32.1 Å². The first-order chi connectivity index (χ1) is 13.2. The Balaban J connectivity index is 1.43. The first kappa shape index (κ1) is 19.2. The minimum absolute atomic E-state index is 0.277. The van der Waals surface area contributed by atoms with Gasteiger partial charge in [-0.1, -0.05) is 72.8 Å². The summed E-state index contributed by atoms with van der Waals surface area (Å²) < 4.78 is 5.83. The van der Waals surface area contributed by atoms with Crippen LogP contribution in [0.1, 0.15) is 29.7 Å². The zero-order valence-corrected chi connectivity index (χ0v) is 15.7. The summed E-state index contributed by atoms with van der Waals surface area (Å²) >= 11 is 0. The molecule has 27 heavy (non-hydrogen) atoms. The van der Waals surface area contributed by atoms with E-state index in [1.807, 2.05) is 60.7 Å². The van der Waals surface area contributed by atoms with Crippen LogP contribution in [-0.4, -0.2) is 17.7 Å². The van der Waals surface area contributed by atoms with Crippen LogP contribution in [0.15, 0.2) is 84.9 Å². The lowest BCUT2D eigenvalue weighted by Gasteiger charge is -2.17. The van der Waals surface area contributed by atoms with Gasteiger partial charge in [0.15, 0.2) is 0 Å². The Labute approximate surface area is 161 Å². The molecule has 3 heteroatoms. The van der Waals surface area contributed by atoms with Gasteiger partial charge in [0, 0.05) is 12.6 Å². The molecule has 0 aliphatic heterocycles. The van der Waals surface area contributed by atoms with E-state index in [2.05, 4.69) is 36.5 Å². The molecule has 0 aromatic heterocycles. The van der Waals surface area contributed by atoms with Crippen LogP contribution in [0.2, 0.25) is 0 Å². The summed E-state index contributed by atoms with van der Waals surface area (Å²) in [6.45, 7) is 3.26. The molecular formula is C24H27NO2. The monoisotopic (exact) mass is 361 g/mol. The van der Waals surface area contributed by atoms with Crippen molar-refractivity contribution in [3.63, 3.8) is 0 Å². The molecule has 0 spiro atoms. The molecule has 0 saturated heterocycles. The highest BCUT2D eigenvalue weighted by Gasteiger charge is 2.09. The SMILES string of the molecule is CC(Cc1ccc(OCc2ccccc2)cc1)NC[C@H](O)c1ccccc1. The fraction of sp³-hybridized carbons (Fsp3) is 0.250. The summed E-state index contributed by atoms with van der Waals surface area (Å²) in [7, 11) is 0. The molecule has 2 atom stereocenters. The molecule has 0 radical (unpaired) electrons. The van der Waals surface area contributed by atoms with E-state index in [9.17, 15) is 5.11 Å². The second-order valence-electron chi connectivity index (χ2n) is 6.86. The molecule has 3 aromatic carbocycles. The molecule has 0 amide bonds. The molecule has 140 valence electrons. The van der Waals surface area contributed by atoms with E-state index in [0.29, 0.717) is 13.2 Å². The molecule has 3 aromatic rings. The van der Waals surface area contributed by atoms with Crippen LogP contribution in [0, 0.1) is 0 Å². The summed E-state index contributed by atoms with van der Waals surface area (Å²) in [5.74, 6) is 0.878. The quantitative estimate of drug-likeness (QED) is 0.589. The number of ether oxygens (including phenoxy) is 1. The first-order valence-corrected chi connectivity index (χ1v) is 9.43. The van der Waals surface area contributed by atoms with E-state index in [1.165, 1.54) is 5.56 Å². The van der Waals surface area contributed by atoms with Crippen molar-refractivity contribution in [2.24, 2.45) is 0 Å². The lowest BCUT2D eigenvalue weighted by Crippen LogP contribution is -2.32. The third kappa shape index (κ3) is 6.24. The Hall–Kier alpha value is -2.62. The van der Waals surface area contributed by atoms with Gasteiger partial charge in [-0.05, 0) is 42.2 Å². The van der Waals surface area contributed by atoms with Crippen LogP contribution in [-0.2, 0) is 13.0 Å². The minimum Gasteiger partial charge on any atom is -0.489 e. The third-order valence-electron chi connectivity index (χ3n) is 4.56. The van der Waals surface area contributed by atoms with E-state index in [1.54, 1.807) is 0 Å². The summed E-state index contributed by atoms with van der Waals surface area (Å²) in [5.41, 5.74) is 3.35. The van der Waals surface area contributed by atoms with Crippen LogP contribution >= 0.6 is 0 Å². The molecule has 2 N–H and O–H groups in total. The molecular weight excluding hydrogens is 334 g/mol. The lowest BCUT2D eigenvalue weighted by molar-refractivity contribution is 0.170. The largest absolute Gasteiger partial charge is 0.489 e. The maximum Gasteiger partial charge on any atom is 0.119 e. The molecule has 0 saturated carbocycles. The predicted octanol–water partition coefficient (Wildman–Crippen LogP) is 4.52. The molecule has 0 bridgehead atoms. The number of hydrogen-bond donors (Lipinski definition) is 2. The van der Waals surface area contributed by atoms with Gasteiger partial charge in [0.2, 0.25) is 0 Å². The summed E-state index contributed by atoms with van der Waals surface area (Å²) in [5, 5.41) is 13.7. The molecule has 0 heterocycles. The summed E-state index contributed by atoms with van der Waals surface area (Å²) in [4.78, 5) is 0. The normalized spacial score (nSPS) is 13.1. The van der Waals surface area contributed by atoms with Crippen LogP contribution in [0.5, 0.6) is 5.75 Å². The van der Waals surface area contributed by atoms with E-state index in [-0.39, 0.29) is 6.04 Å². The fourth-order valence-electron chi connectivity index (χ4n) is 2.99. The molecule has 0 fully saturated rings. The topological polar surface area (TPSA) is 41.5 Å². The minimum atomic E-state index is -0.484. The number of benzene rings is 3. The zero-order chi connectivity index (χ0) is 18.9. The number of rotatable bonds is 9. The van der Waals surface area contributed by atoms with Gasteiger partial charge in [-0.3, -0.25) is 0 Å². The average molecular weight is 361 g/mol. The first-order valence-electron chi connectivity index (χ1n) is 9.43. The Morgan fingerprint density at radius 2 is 1.44 bits per heavy atom. The predicted molar refractivity (Wildman–Crippen MR) is 110 cm³/mol. The maximum absolute atomic E-state index is 10.2. The Kier molecular flexibility index (Phi) is 7.03. The summed E-state index contributed by atoms with van der Waals surface area (Å²) in [6.07, 6.45) is 0.419. The molecule has 3 nitrogen and oxygen atoms in total. The average Bonchev–Trinajstić information content (AvgIpc) is 2.73. The Morgan fingerprint density at radius 3 is 2.11 bits per heavy atom. The fourth-order valence-corrected chi connectivity index (χ4v) is 2.99. The van der Waals surface area contributed by atoms with Gasteiger partial charge in [-0.2, -0.15) is 0 Å². The standard InChI is InChI=1S/C24H27NO2/c1-19(25-17-24(26)22-10-6-3-7-11-22)16-20-12-14-23(15-13-20)27-18-21-8-4-2-5-9-21/h2-15,19,24-26H,16-18H2,1H3/t19?,24-/m0/s1. The van der Waals surface area contributed by atoms with Crippen molar-refractivity contribution >= 4 is 0 Å². The van der Waals surface area contributed by atoms with Gasteiger partial charge in [0.1, 0.15) is 12.4 Å². The highest BCUT2D eigenvalue weighted by atomic mass is 16.5. The van der Waals surface area contributed by atoms with Gasteiger partial charge in [-0.25, -0.2) is 0 Å². The smallest absolute Gasteiger partial charge is 0.119 e. The van der Waals surface area contributed by atoms with Crippen molar-refractivity contribution < 1.29 is 9.84 Å². The van der Waals surface area contributed by atoms with Gasteiger partial charge in [0.05, 0.1) is 6.10 Å². The van der Waals surface area contributed by atoms with Gasteiger partial charge in [0.25, 0.3) is 0 Å². The van der Waals surface area contributed by atoms with Crippen LogP contribution < -0.4 is 10.1 Å². The molecule has 0 aliphatic rings. The maximum atomic E-state index is 10.2. The number of aliphatic hydroxyl groups excluding tert-OH is 1. The second kappa shape index (κ2) is 9.91. The van der Waals surface area contributed by atoms with Crippen molar-refractivity contribution in [3.05, 3.63) is 102 Å². The zero-order valence-electron chi connectivity index (χ0n) is 15.7. The Bertz CT molecular complexity index is 788. The van der Waals surface area contributed by atoms with E-state index >= 15 is 0 Å². The van der Waals surface area contributed by atoms with Crippen molar-refractivity contribution in [2.75, 3.05) is 6.54 Å². The second-order valence-corrected chi connectivity index (χ2v) is 6.86. The van der Waals surface area contributed by atoms with Crippen molar-refractivity contribution in [1.29, 1.82) is 0 Å². The van der Waals surface area contributed by atoms with Gasteiger partial charge < -0.3 is 15.2 Å². The molecule has 0 aliphatic carbocycles. The van der Waals surface area contributed by atoms with Crippen LogP contribution in [0.25, 0.3) is 0 Å². The van der Waals surface area contributed by atoms with E-state index in [0.717, 1.165) is 23.3 Å². The molecule has 3 rings (SSSR count). The highest BCUT2D eigenvalue weighted by Crippen LogP contribution is 2.16. The third-order valence-corrected chi connectivity index (χ3v) is 4.56. The van der Waals surface area contributed by atoms with Gasteiger partial charge in [-0.15, -0.1) is 0 Å². The van der Waals surface area contributed by atoms with Crippen LogP contribution in [0.4, 0.5) is 0 Å². The van der Waals surface area contributed by atoms with Crippen molar-refractivity contribution in [3.8, 4) is 5.75 Å². The van der Waals surface area contributed by atoms with E-state index in [4.69, 9.17) is 4.74 Å². The highest BCUT2D eigenvalue weighted by molar-refractivity contribution is 5.28. The van der Waals surface area contributed by atoms with Crippen molar-refractivity contribution in [1.82, 2.24) is 5.32 Å². The Morgan fingerprint density at radius 1 is 0.815 bits per heavy atom. The number of hydrogen-bond acceptors (Lipinski definition) is 3. The number of aliphatic hydroxyl groups is 1. The summed E-state index contributed by atoms with van der Waals surface area (Å²) in [6, 6.07) is 28.4. The molecule has 1 unspecified atom stereocenters.